The lowest BCUT2D eigenvalue weighted by atomic mass is 10.0. The molecule has 0 unspecified atom stereocenters. The Balaban J connectivity index is 2.82. The van der Waals surface area contributed by atoms with Gasteiger partial charge in [-0.05, 0) is 5.56 Å². The molecule has 2 N–H and O–H groups in total. The van der Waals surface area contributed by atoms with Crippen molar-refractivity contribution in [1.82, 2.24) is 0 Å². The van der Waals surface area contributed by atoms with Crippen molar-refractivity contribution < 1.29 is 22.7 Å². The number of benzene rings is 1. The summed E-state index contributed by atoms with van der Waals surface area (Å²) in [7, 11) is 1.09. The summed E-state index contributed by atoms with van der Waals surface area (Å²) in [5.41, 5.74) is 5.19. The lowest BCUT2D eigenvalue weighted by Crippen LogP contribution is -2.03. The molecule has 0 saturated heterocycles. The molecule has 0 spiro atoms. The van der Waals surface area contributed by atoms with Crippen molar-refractivity contribution in [2.45, 2.75) is 6.18 Å². The van der Waals surface area contributed by atoms with Gasteiger partial charge in [-0.15, -0.1) is 11.3 Å². The Bertz CT molecular complexity index is 709. The number of hydrogen-bond acceptors (Lipinski definition) is 4. The molecule has 0 amide bonds. The van der Waals surface area contributed by atoms with Crippen molar-refractivity contribution in [3.63, 3.8) is 0 Å². The van der Waals surface area contributed by atoms with Crippen LogP contribution in [0.15, 0.2) is 35.3 Å². The number of alkyl halides is 3. The Morgan fingerprint density at radius 3 is 2.45 bits per heavy atom. The van der Waals surface area contributed by atoms with Crippen molar-refractivity contribution in [2.75, 3.05) is 7.11 Å². The molecule has 1 aromatic carbocycles. The zero-order valence-corrected chi connectivity index (χ0v) is 12.2. The molecule has 1 aromatic heterocycles. The standard InChI is InChI=1S/C14H11F3N2O2S/c1-21-13(20)11-10(19-7-18)9(8-5-3-2-4-6-8)12(22-11)14(15,16)17/h2-7H,1H3,(H2,18,19). The highest BCUT2D eigenvalue weighted by Crippen LogP contribution is 2.49. The fraction of sp³-hybridized carbons (Fsp3) is 0.143. The van der Waals surface area contributed by atoms with E-state index in [1.165, 1.54) is 12.1 Å². The van der Waals surface area contributed by atoms with E-state index in [4.69, 9.17) is 5.73 Å². The Kier molecular flexibility index (Phi) is 4.51. The molecule has 2 aromatic rings. The highest BCUT2D eigenvalue weighted by molar-refractivity contribution is 7.15. The SMILES string of the molecule is COC(=O)c1sc(C(F)(F)F)c(-c2ccccc2)c1N=CN. The van der Waals surface area contributed by atoms with Crippen molar-refractivity contribution in [3.8, 4) is 11.1 Å². The van der Waals surface area contributed by atoms with Crippen LogP contribution in [-0.4, -0.2) is 19.4 Å². The average Bonchev–Trinajstić information content (AvgIpc) is 2.87. The van der Waals surface area contributed by atoms with Crippen molar-refractivity contribution in [2.24, 2.45) is 10.7 Å². The second kappa shape index (κ2) is 6.18. The molecule has 0 aliphatic carbocycles. The largest absolute Gasteiger partial charge is 0.465 e. The molecule has 0 bridgehead atoms. The minimum absolute atomic E-state index is 0.141. The molecule has 0 aliphatic rings. The number of aliphatic imine (C=N–C) groups is 1. The van der Waals surface area contributed by atoms with Gasteiger partial charge in [-0.3, -0.25) is 0 Å². The smallest absolute Gasteiger partial charge is 0.426 e. The summed E-state index contributed by atoms with van der Waals surface area (Å²) in [5, 5.41) is 0. The number of halogens is 3. The average molecular weight is 328 g/mol. The Morgan fingerprint density at radius 2 is 1.95 bits per heavy atom. The maximum absolute atomic E-state index is 13.3. The number of carbonyl (C=O) groups is 1. The monoisotopic (exact) mass is 328 g/mol. The third-order valence-corrected chi connectivity index (χ3v) is 3.98. The van der Waals surface area contributed by atoms with Gasteiger partial charge in [0.15, 0.2) is 0 Å². The highest BCUT2D eigenvalue weighted by Gasteiger charge is 2.40. The van der Waals surface area contributed by atoms with Crippen molar-refractivity contribution in [1.29, 1.82) is 0 Å². The number of carbonyl (C=O) groups excluding carboxylic acids is 1. The highest BCUT2D eigenvalue weighted by atomic mass is 32.1. The van der Waals surface area contributed by atoms with Gasteiger partial charge in [-0.25, -0.2) is 9.79 Å². The summed E-state index contributed by atoms with van der Waals surface area (Å²) in [6, 6.07) is 7.89. The van der Waals surface area contributed by atoms with Crippen LogP contribution in [0.4, 0.5) is 18.9 Å². The molecule has 0 radical (unpaired) electrons. The first-order chi connectivity index (χ1) is 10.4. The second-order valence-electron chi connectivity index (χ2n) is 4.12. The van der Waals surface area contributed by atoms with Gasteiger partial charge in [0.25, 0.3) is 0 Å². The van der Waals surface area contributed by atoms with Gasteiger partial charge >= 0.3 is 12.1 Å². The molecule has 1 heterocycles. The maximum Gasteiger partial charge on any atom is 0.426 e. The van der Waals surface area contributed by atoms with Crippen LogP contribution in [-0.2, 0) is 10.9 Å². The van der Waals surface area contributed by atoms with Gasteiger partial charge < -0.3 is 10.5 Å². The van der Waals surface area contributed by atoms with Crippen LogP contribution in [0.1, 0.15) is 14.5 Å². The van der Waals surface area contributed by atoms with E-state index in [2.05, 4.69) is 9.73 Å². The second-order valence-corrected chi connectivity index (χ2v) is 5.14. The van der Waals surface area contributed by atoms with Crippen LogP contribution in [0.25, 0.3) is 11.1 Å². The fourth-order valence-corrected chi connectivity index (χ4v) is 2.98. The summed E-state index contributed by atoms with van der Waals surface area (Å²) < 4.78 is 44.5. The summed E-state index contributed by atoms with van der Waals surface area (Å²) in [6.45, 7) is 0. The quantitative estimate of drug-likeness (QED) is 0.529. The molecule has 116 valence electrons. The summed E-state index contributed by atoms with van der Waals surface area (Å²) >= 11 is 0.292. The first-order valence-corrected chi connectivity index (χ1v) is 6.83. The Morgan fingerprint density at radius 1 is 1.32 bits per heavy atom. The predicted molar refractivity (Wildman–Crippen MR) is 78.4 cm³/mol. The predicted octanol–water partition coefficient (Wildman–Crippen LogP) is 3.84. The van der Waals surface area contributed by atoms with Gasteiger partial charge in [0.2, 0.25) is 0 Å². The third kappa shape index (κ3) is 2.96. The van der Waals surface area contributed by atoms with Crippen LogP contribution in [0.3, 0.4) is 0 Å². The topological polar surface area (TPSA) is 64.7 Å². The van der Waals surface area contributed by atoms with Crippen LogP contribution >= 0.6 is 11.3 Å². The fourth-order valence-electron chi connectivity index (χ4n) is 1.92. The van der Waals surface area contributed by atoms with E-state index < -0.39 is 17.0 Å². The number of esters is 1. The number of rotatable bonds is 3. The molecule has 22 heavy (non-hydrogen) atoms. The number of ether oxygens (including phenoxy) is 1. The van der Waals surface area contributed by atoms with Crippen LogP contribution in [0, 0.1) is 0 Å². The zero-order valence-electron chi connectivity index (χ0n) is 11.3. The number of hydrogen-bond donors (Lipinski definition) is 1. The first kappa shape index (κ1) is 16.0. The van der Waals surface area contributed by atoms with Gasteiger partial charge in [0, 0.05) is 5.56 Å². The maximum atomic E-state index is 13.3. The molecule has 2 rings (SSSR count). The Hall–Kier alpha value is -2.35. The van der Waals surface area contributed by atoms with E-state index in [-0.39, 0.29) is 16.1 Å². The third-order valence-electron chi connectivity index (χ3n) is 2.78. The summed E-state index contributed by atoms with van der Waals surface area (Å²) in [4.78, 5) is 14.3. The molecule has 0 saturated carbocycles. The van der Waals surface area contributed by atoms with Crippen molar-refractivity contribution >= 4 is 29.3 Å². The summed E-state index contributed by atoms with van der Waals surface area (Å²) in [5.74, 6) is -0.890. The first-order valence-electron chi connectivity index (χ1n) is 6.02. The van der Waals surface area contributed by atoms with Crippen LogP contribution < -0.4 is 5.73 Å². The lowest BCUT2D eigenvalue weighted by molar-refractivity contribution is -0.133. The van der Waals surface area contributed by atoms with E-state index in [0.717, 1.165) is 13.4 Å². The molecule has 0 fully saturated rings. The van der Waals surface area contributed by atoms with Crippen LogP contribution in [0.5, 0.6) is 0 Å². The molecule has 8 heteroatoms. The summed E-state index contributed by atoms with van der Waals surface area (Å²) in [6.07, 6.45) is -3.78. The van der Waals surface area contributed by atoms with Gasteiger partial charge in [0.05, 0.1) is 19.1 Å². The minimum atomic E-state index is -4.62. The number of nitrogens with zero attached hydrogens (tertiary/aromatic N) is 1. The van der Waals surface area contributed by atoms with Gasteiger partial charge in [0.1, 0.15) is 9.75 Å². The molecule has 0 atom stereocenters. The number of nitrogens with two attached hydrogens (primary N) is 1. The number of methoxy groups -OCH3 is 1. The van der Waals surface area contributed by atoms with Gasteiger partial charge in [-0.2, -0.15) is 13.2 Å². The molecule has 4 nitrogen and oxygen atoms in total. The molecular formula is C14H11F3N2O2S. The Labute approximate surface area is 128 Å². The minimum Gasteiger partial charge on any atom is -0.465 e. The normalized spacial score (nSPS) is 11.8. The van der Waals surface area contributed by atoms with E-state index in [1.807, 2.05) is 0 Å². The van der Waals surface area contributed by atoms with E-state index >= 15 is 0 Å². The van der Waals surface area contributed by atoms with Crippen molar-refractivity contribution in [3.05, 3.63) is 40.1 Å². The van der Waals surface area contributed by atoms with E-state index in [0.29, 0.717) is 16.9 Å². The van der Waals surface area contributed by atoms with Crippen LogP contribution in [0.2, 0.25) is 0 Å². The van der Waals surface area contributed by atoms with Gasteiger partial charge in [-0.1, -0.05) is 30.3 Å². The van der Waals surface area contributed by atoms with E-state index in [1.54, 1.807) is 18.2 Å². The zero-order chi connectivity index (χ0) is 16.3. The lowest BCUT2D eigenvalue weighted by Gasteiger charge is -2.08. The number of thiophene rings is 1. The molecule has 0 aliphatic heterocycles. The molecular weight excluding hydrogens is 317 g/mol. The van der Waals surface area contributed by atoms with E-state index in [9.17, 15) is 18.0 Å².